The molecule has 4 aromatic heterocycles. The van der Waals surface area contributed by atoms with E-state index in [9.17, 15) is 9.90 Å². The van der Waals surface area contributed by atoms with Gasteiger partial charge in [-0.3, -0.25) is 0 Å². The van der Waals surface area contributed by atoms with E-state index in [0.29, 0.717) is 64.6 Å². The van der Waals surface area contributed by atoms with E-state index in [4.69, 9.17) is 43.4 Å². The number of hydrogen-bond acceptors (Lipinski definition) is 15. The smallest absolute Gasteiger partial charge is 0.344 e. The van der Waals surface area contributed by atoms with E-state index in [0.717, 1.165) is 101 Å². The molecule has 6 aromatic rings. The van der Waals surface area contributed by atoms with Gasteiger partial charge in [0, 0.05) is 89.8 Å². The van der Waals surface area contributed by atoms with Gasteiger partial charge in [0.15, 0.2) is 6.61 Å². The minimum absolute atomic E-state index is 0.140. The highest BCUT2D eigenvalue weighted by Gasteiger charge is 2.22. The minimum atomic E-state index is -1.18. The SMILES string of the molecule is CC(C)(O)COc1ccc2c(c1)c(-c1ccnc(N3CCOCC3)c1)nn2COCC[Si](C)(C)C.CCOC(=O)COc1ccc2c(c1)c(-c1ccnc(N3CCOCC3)c1)nn2COCC[Si](C)(C)C. The molecule has 0 atom stereocenters. The van der Waals surface area contributed by atoms with E-state index < -0.39 is 27.7 Å². The second kappa shape index (κ2) is 24.3. The molecule has 2 fully saturated rings. The molecule has 0 bridgehead atoms. The molecule has 0 saturated carbocycles. The second-order valence-electron chi connectivity index (χ2n) is 20.9. The summed E-state index contributed by atoms with van der Waals surface area (Å²) in [5.74, 6) is 2.71. The molecular formula is C52H74N8O9Si2. The quantitative estimate of drug-likeness (QED) is 0.0413. The summed E-state index contributed by atoms with van der Waals surface area (Å²) < 4.78 is 43.4. The molecule has 1 N–H and O–H groups in total. The molecule has 0 amide bonds. The Morgan fingerprint density at radius 2 is 1.11 bits per heavy atom. The number of aliphatic hydroxyl groups is 1. The summed E-state index contributed by atoms with van der Waals surface area (Å²) >= 11 is 0. The Labute approximate surface area is 420 Å². The summed E-state index contributed by atoms with van der Waals surface area (Å²) in [6, 6.07) is 22.0. The third-order valence-corrected chi connectivity index (χ3v) is 15.2. The van der Waals surface area contributed by atoms with Gasteiger partial charge in [-0.2, -0.15) is 10.2 Å². The predicted molar refractivity (Wildman–Crippen MR) is 284 cm³/mol. The highest BCUT2D eigenvalue weighted by Crippen LogP contribution is 2.34. The molecule has 0 radical (unpaired) electrons. The number of rotatable bonds is 21. The van der Waals surface area contributed by atoms with Crippen LogP contribution in [-0.2, 0) is 41.9 Å². The van der Waals surface area contributed by atoms with Gasteiger partial charge < -0.3 is 48.1 Å². The molecule has 2 aliphatic rings. The molecule has 0 unspecified atom stereocenters. The number of esters is 1. The van der Waals surface area contributed by atoms with Crippen LogP contribution in [0.2, 0.25) is 51.4 Å². The summed E-state index contributed by atoms with van der Waals surface area (Å²) in [6.07, 6.45) is 3.65. The Morgan fingerprint density at radius 1 is 0.662 bits per heavy atom. The predicted octanol–water partition coefficient (Wildman–Crippen LogP) is 8.59. The highest BCUT2D eigenvalue weighted by molar-refractivity contribution is 6.76. The van der Waals surface area contributed by atoms with Gasteiger partial charge in [0.1, 0.15) is 54.6 Å². The van der Waals surface area contributed by atoms with Crippen molar-refractivity contribution in [2.45, 2.75) is 91.2 Å². The Balaban J connectivity index is 0.000000209. The van der Waals surface area contributed by atoms with Crippen LogP contribution in [0, 0.1) is 0 Å². The number of carbonyl (C=O) groups is 1. The van der Waals surface area contributed by atoms with Gasteiger partial charge in [0.05, 0.1) is 49.7 Å². The van der Waals surface area contributed by atoms with Gasteiger partial charge in [-0.15, -0.1) is 0 Å². The first-order valence-corrected chi connectivity index (χ1v) is 32.2. The standard InChI is InChI=1S/C26H36N4O5Si.C26H38N4O4Si/c1-5-34-25(31)18-35-21-6-7-23-22(17-21)26(28-30(23)19-33-14-15-36(2,3)4)20-8-9-27-24(16-20)29-10-12-32-13-11-29;1-26(2,31)18-34-21-6-7-23-22(17-21)25(28-30(23)19-33-14-15-35(3,4)5)20-8-9-27-24(16-20)29-10-12-32-13-11-29/h6-9,16-17H,5,10-15,18-19H2,1-4H3;6-9,16-17,31H,10-15,18-19H2,1-5H3. The van der Waals surface area contributed by atoms with Gasteiger partial charge in [-0.05, 0) is 93.5 Å². The fourth-order valence-corrected chi connectivity index (χ4v) is 9.36. The molecule has 384 valence electrons. The third kappa shape index (κ3) is 15.8. The fraction of sp³-hybridized carbons (Fsp3) is 0.519. The van der Waals surface area contributed by atoms with E-state index in [1.54, 1.807) is 20.8 Å². The van der Waals surface area contributed by atoms with Crippen molar-refractivity contribution in [2.24, 2.45) is 0 Å². The lowest BCUT2D eigenvalue weighted by Crippen LogP contribution is -2.36. The Kier molecular flexibility index (Phi) is 18.3. The first-order chi connectivity index (χ1) is 33.9. The number of carbonyl (C=O) groups excluding carboxylic acids is 1. The molecule has 6 heterocycles. The first-order valence-electron chi connectivity index (χ1n) is 24.8. The van der Waals surface area contributed by atoms with E-state index in [-0.39, 0.29) is 13.2 Å². The van der Waals surface area contributed by atoms with Crippen LogP contribution in [0.4, 0.5) is 11.6 Å². The van der Waals surface area contributed by atoms with Crippen molar-refractivity contribution in [1.82, 2.24) is 29.5 Å². The fourth-order valence-electron chi connectivity index (χ4n) is 7.85. The average molecular weight is 1010 g/mol. The van der Waals surface area contributed by atoms with Crippen molar-refractivity contribution in [2.75, 3.05) is 95.4 Å². The zero-order valence-corrected chi connectivity index (χ0v) is 45.2. The van der Waals surface area contributed by atoms with Crippen molar-refractivity contribution in [1.29, 1.82) is 0 Å². The largest absolute Gasteiger partial charge is 0.491 e. The number of pyridine rings is 2. The van der Waals surface area contributed by atoms with Gasteiger partial charge in [0.25, 0.3) is 0 Å². The lowest BCUT2D eigenvalue weighted by molar-refractivity contribution is -0.145. The maximum Gasteiger partial charge on any atom is 0.344 e. The molecule has 2 saturated heterocycles. The van der Waals surface area contributed by atoms with E-state index in [1.165, 1.54) is 0 Å². The lowest BCUT2D eigenvalue weighted by Gasteiger charge is -2.27. The molecule has 19 heteroatoms. The molecule has 2 aliphatic heterocycles. The van der Waals surface area contributed by atoms with Crippen LogP contribution in [0.15, 0.2) is 73.1 Å². The molecular weight excluding hydrogens is 937 g/mol. The van der Waals surface area contributed by atoms with E-state index in [2.05, 4.69) is 71.2 Å². The van der Waals surface area contributed by atoms with Crippen molar-refractivity contribution in [3.05, 3.63) is 73.1 Å². The maximum atomic E-state index is 11.8. The normalized spacial score (nSPS) is 14.7. The number of nitrogens with zero attached hydrogens (tertiary/aromatic N) is 8. The second-order valence-corrected chi connectivity index (χ2v) is 32.2. The number of benzene rings is 2. The van der Waals surface area contributed by atoms with Gasteiger partial charge in [-0.1, -0.05) is 39.3 Å². The highest BCUT2D eigenvalue weighted by atomic mass is 28.3. The lowest BCUT2D eigenvalue weighted by atomic mass is 10.1. The van der Waals surface area contributed by atoms with Crippen LogP contribution >= 0.6 is 0 Å². The number of anilines is 2. The zero-order chi connectivity index (χ0) is 50.6. The summed E-state index contributed by atoms with van der Waals surface area (Å²) in [7, 11) is -2.34. The van der Waals surface area contributed by atoms with E-state index >= 15 is 0 Å². The zero-order valence-electron chi connectivity index (χ0n) is 43.2. The van der Waals surface area contributed by atoms with Crippen molar-refractivity contribution >= 4 is 55.6 Å². The van der Waals surface area contributed by atoms with Gasteiger partial charge in [0.2, 0.25) is 0 Å². The molecule has 0 spiro atoms. The average Bonchev–Trinajstić information content (AvgIpc) is 3.90. The minimum Gasteiger partial charge on any atom is -0.491 e. The van der Waals surface area contributed by atoms with Crippen LogP contribution < -0.4 is 19.3 Å². The Bertz CT molecular complexity index is 2660. The summed E-state index contributed by atoms with van der Waals surface area (Å²) in [5, 5.41) is 21.9. The molecule has 8 rings (SSSR count). The Hall–Kier alpha value is -5.42. The van der Waals surface area contributed by atoms with Crippen LogP contribution in [0.1, 0.15) is 20.8 Å². The van der Waals surface area contributed by atoms with Crippen LogP contribution in [0.3, 0.4) is 0 Å². The van der Waals surface area contributed by atoms with E-state index in [1.807, 2.05) is 70.3 Å². The van der Waals surface area contributed by atoms with Crippen LogP contribution in [0.5, 0.6) is 11.5 Å². The van der Waals surface area contributed by atoms with Gasteiger partial charge in [-0.25, -0.2) is 24.1 Å². The Morgan fingerprint density at radius 3 is 1.54 bits per heavy atom. The number of ether oxygens (including phenoxy) is 7. The monoisotopic (exact) mass is 1010 g/mol. The number of morpholine rings is 2. The molecule has 2 aromatic carbocycles. The third-order valence-electron chi connectivity index (χ3n) is 11.8. The summed E-state index contributed by atoms with van der Waals surface area (Å²) in [4.78, 5) is 25.4. The summed E-state index contributed by atoms with van der Waals surface area (Å²) in [5.41, 5.74) is 4.63. The molecule has 0 aliphatic carbocycles. The van der Waals surface area contributed by atoms with Crippen LogP contribution in [0.25, 0.3) is 44.3 Å². The van der Waals surface area contributed by atoms with Crippen molar-refractivity contribution < 1.29 is 43.1 Å². The first kappa shape index (κ1) is 53.4. The summed E-state index contributed by atoms with van der Waals surface area (Å²) in [6.45, 7) is 28.0. The van der Waals surface area contributed by atoms with Crippen molar-refractivity contribution in [3.63, 3.8) is 0 Å². The molecule has 17 nitrogen and oxygen atoms in total. The maximum absolute atomic E-state index is 11.8. The number of aromatic nitrogens is 6. The van der Waals surface area contributed by atoms with Crippen LogP contribution in [-0.4, -0.2) is 148 Å². The molecule has 71 heavy (non-hydrogen) atoms. The van der Waals surface area contributed by atoms with Crippen molar-refractivity contribution in [3.8, 4) is 34.0 Å². The van der Waals surface area contributed by atoms with Gasteiger partial charge >= 0.3 is 5.97 Å². The topological polar surface area (TPSA) is 170 Å². The number of hydrogen-bond donors (Lipinski definition) is 1. The number of fused-ring (bicyclic) bond motifs is 2.